The van der Waals surface area contributed by atoms with Gasteiger partial charge in [-0.05, 0) is 25.8 Å². The summed E-state index contributed by atoms with van der Waals surface area (Å²) in [5.74, 6) is 0. The number of nitrogens with two attached hydrogens (primary N) is 1. The second kappa shape index (κ2) is 3.32. The molecule has 12 heavy (non-hydrogen) atoms. The van der Waals surface area contributed by atoms with E-state index < -0.39 is 0 Å². The van der Waals surface area contributed by atoms with Gasteiger partial charge in [-0.3, -0.25) is 0 Å². The van der Waals surface area contributed by atoms with Crippen LogP contribution in [0.5, 0.6) is 0 Å². The molecule has 1 spiro atoms. The molecule has 2 fully saturated rings. The minimum absolute atomic E-state index is 0.294. The van der Waals surface area contributed by atoms with E-state index in [1.807, 2.05) is 0 Å². The zero-order chi connectivity index (χ0) is 8.44. The maximum absolute atomic E-state index is 5.61. The molecule has 0 unspecified atom stereocenters. The van der Waals surface area contributed by atoms with Crippen LogP contribution in [-0.2, 0) is 4.74 Å². The Hall–Kier alpha value is -0.120. The standard InChI is InChI=1S/C9H18N2O/c10-6-8-5-9(7-12-8)3-1-2-4-11-9/h8,11H,1-7,10H2/t8-,9+/m1/s1. The van der Waals surface area contributed by atoms with Gasteiger partial charge in [0.15, 0.2) is 0 Å². The molecule has 0 aliphatic carbocycles. The molecule has 2 rings (SSSR count). The number of nitrogens with one attached hydrogen (secondary N) is 1. The Morgan fingerprint density at radius 2 is 2.42 bits per heavy atom. The Morgan fingerprint density at radius 1 is 1.50 bits per heavy atom. The lowest BCUT2D eigenvalue weighted by Gasteiger charge is -2.33. The maximum atomic E-state index is 5.61. The first-order valence-corrected chi connectivity index (χ1v) is 4.91. The van der Waals surface area contributed by atoms with Crippen molar-refractivity contribution in [1.29, 1.82) is 0 Å². The van der Waals surface area contributed by atoms with Crippen LogP contribution in [0.15, 0.2) is 0 Å². The molecule has 2 saturated heterocycles. The first-order chi connectivity index (χ1) is 5.85. The highest BCUT2D eigenvalue weighted by molar-refractivity contribution is 4.97. The molecular formula is C9H18N2O. The number of ether oxygens (including phenoxy) is 1. The van der Waals surface area contributed by atoms with Crippen LogP contribution in [0.3, 0.4) is 0 Å². The third-order valence-electron chi connectivity index (χ3n) is 3.06. The first kappa shape index (κ1) is 8.48. The molecule has 0 saturated carbocycles. The summed E-state index contributed by atoms with van der Waals surface area (Å²) in [6.45, 7) is 2.69. The van der Waals surface area contributed by atoms with Gasteiger partial charge in [0.25, 0.3) is 0 Å². The van der Waals surface area contributed by atoms with Crippen molar-refractivity contribution < 1.29 is 4.74 Å². The van der Waals surface area contributed by atoms with E-state index in [1.165, 1.54) is 19.3 Å². The van der Waals surface area contributed by atoms with E-state index in [2.05, 4.69) is 5.32 Å². The van der Waals surface area contributed by atoms with Crippen molar-refractivity contribution >= 4 is 0 Å². The molecule has 0 aromatic heterocycles. The van der Waals surface area contributed by atoms with Crippen molar-refractivity contribution in [3.05, 3.63) is 0 Å². The van der Waals surface area contributed by atoms with E-state index in [1.54, 1.807) is 0 Å². The van der Waals surface area contributed by atoms with Gasteiger partial charge in [0.05, 0.1) is 12.7 Å². The van der Waals surface area contributed by atoms with E-state index in [9.17, 15) is 0 Å². The largest absolute Gasteiger partial charge is 0.375 e. The van der Waals surface area contributed by atoms with E-state index >= 15 is 0 Å². The molecule has 3 nitrogen and oxygen atoms in total. The van der Waals surface area contributed by atoms with Crippen molar-refractivity contribution in [1.82, 2.24) is 5.32 Å². The summed E-state index contributed by atoms with van der Waals surface area (Å²) < 4.78 is 5.61. The van der Waals surface area contributed by atoms with Gasteiger partial charge >= 0.3 is 0 Å². The van der Waals surface area contributed by atoms with E-state index in [4.69, 9.17) is 10.5 Å². The Morgan fingerprint density at radius 3 is 3.00 bits per heavy atom. The van der Waals surface area contributed by atoms with Crippen LogP contribution in [0.1, 0.15) is 25.7 Å². The zero-order valence-corrected chi connectivity index (χ0v) is 7.51. The molecule has 0 amide bonds. The van der Waals surface area contributed by atoms with Crippen LogP contribution in [0.4, 0.5) is 0 Å². The lowest BCUT2D eigenvalue weighted by Crippen LogP contribution is -2.49. The van der Waals surface area contributed by atoms with E-state index in [-0.39, 0.29) is 0 Å². The van der Waals surface area contributed by atoms with Gasteiger partial charge < -0.3 is 15.8 Å². The summed E-state index contributed by atoms with van der Waals surface area (Å²) in [6, 6.07) is 0. The lowest BCUT2D eigenvalue weighted by molar-refractivity contribution is 0.101. The molecule has 2 aliphatic heterocycles. The van der Waals surface area contributed by atoms with Crippen molar-refractivity contribution in [2.75, 3.05) is 19.7 Å². The van der Waals surface area contributed by atoms with Crippen LogP contribution in [-0.4, -0.2) is 31.3 Å². The van der Waals surface area contributed by atoms with Crippen LogP contribution >= 0.6 is 0 Å². The number of piperidine rings is 1. The van der Waals surface area contributed by atoms with Gasteiger partial charge in [0.2, 0.25) is 0 Å². The van der Waals surface area contributed by atoms with E-state index in [0.29, 0.717) is 18.2 Å². The molecule has 0 bridgehead atoms. The molecule has 3 heteroatoms. The molecule has 2 atom stereocenters. The summed E-state index contributed by atoms with van der Waals surface area (Å²) in [4.78, 5) is 0. The van der Waals surface area contributed by atoms with Crippen LogP contribution in [0.2, 0.25) is 0 Å². The number of hydrogen-bond acceptors (Lipinski definition) is 3. The molecular weight excluding hydrogens is 152 g/mol. The molecule has 3 N–H and O–H groups in total. The quantitative estimate of drug-likeness (QED) is 0.593. The summed E-state index contributed by atoms with van der Waals surface area (Å²) in [6.07, 6.45) is 5.34. The lowest BCUT2D eigenvalue weighted by atomic mass is 9.87. The monoisotopic (exact) mass is 170 g/mol. The minimum Gasteiger partial charge on any atom is -0.375 e. The maximum Gasteiger partial charge on any atom is 0.0716 e. The van der Waals surface area contributed by atoms with Gasteiger partial charge in [-0.2, -0.15) is 0 Å². The van der Waals surface area contributed by atoms with Gasteiger partial charge in [0, 0.05) is 12.1 Å². The Balaban J connectivity index is 1.94. The zero-order valence-electron chi connectivity index (χ0n) is 7.51. The fraction of sp³-hybridized carbons (Fsp3) is 1.00. The Bertz CT molecular complexity index is 155. The third kappa shape index (κ3) is 1.49. The fourth-order valence-corrected chi connectivity index (χ4v) is 2.31. The van der Waals surface area contributed by atoms with Crippen molar-refractivity contribution in [3.63, 3.8) is 0 Å². The minimum atomic E-state index is 0.294. The second-order valence-electron chi connectivity index (χ2n) is 4.04. The Kier molecular flexibility index (Phi) is 2.35. The van der Waals surface area contributed by atoms with Gasteiger partial charge in [0.1, 0.15) is 0 Å². The second-order valence-corrected chi connectivity index (χ2v) is 4.04. The predicted molar refractivity (Wildman–Crippen MR) is 48.0 cm³/mol. The average Bonchev–Trinajstić information content (AvgIpc) is 2.50. The number of hydrogen-bond donors (Lipinski definition) is 2. The summed E-state index contributed by atoms with van der Waals surface area (Å²) in [5.41, 5.74) is 5.86. The smallest absolute Gasteiger partial charge is 0.0716 e. The molecule has 2 aliphatic rings. The van der Waals surface area contributed by atoms with Gasteiger partial charge in [-0.25, -0.2) is 0 Å². The highest BCUT2D eigenvalue weighted by Crippen LogP contribution is 2.30. The Labute approximate surface area is 73.7 Å². The van der Waals surface area contributed by atoms with Crippen molar-refractivity contribution in [2.45, 2.75) is 37.3 Å². The third-order valence-corrected chi connectivity index (χ3v) is 3.06. The fourth-order valence-electron chi connectivity index (χ4n) is 2.31. The van der Waals surface area contributed by atoms with Gasteiger partial charge in [-0.15, -0.1) is 0 Å². The van der Waals surface area contributed by atoms with Crippen molar-refractivity contribution in [3.8, 4) is 0 Å². The first-order valence-electron chi connectivity index (χ1n) is 4.91. The van der Waals surface area contributed by atoms with Crippen LogP contribution < -0.4 is 11.1 Å². The number of rotatable bonds is 1. The predicted octanol–water partition coefficient (Wildman–Crippen LogP) is 0.246. The molecule has 0 aromatic rings. The summed E-state index contributed by atoms with van der Waals surface area (Å²) in [5, 5.41) is 3.58. The van der Waals surface area contributed by atoms with Crippen LogP contribution in [0, 0.1) is 0 Å². The average molecular weight is 170 g/mol. The van der Waals surface area contributed by atoms with Gasteiger partial charge in [-0.1, -0.05) is 6.42 Å². The highest BCUT2D eigenvalue weighted by Gasteiger charge is 2.39. The van der Waals surface area contributed by atoms with E-state index in [0.717, 1.165) is 19.6 Å². The van der Waals surface area contributed by atoms with Crippen molar-refractivity contribution in [2.24, 2.45) is 5.73 Å². The van der Waals surface area contributed by atoms with Crippen LogP contribution in [0.25, 0.3) is 0 Å². The molecule has 70 valence electrons. The topological polar surface area (TPSA) is 47.3 Å². The molecule has 2 heterocycles. The molecule has 0 radical (unpaired) electrons. The highest BCUT2D eigenvalue weighted by atomic mass is 16.5. The SMILES string of the molecule is NC[C@H]1C[C@@]2(CCCCN2)CO1. The summed E-state index contributed by atoms with van der Waals surface area (Å²) >= 11 is 0. The normalized spacial score (nSPS) is 42.2. The summed E-state index contributed by atoms with van der Waals surface area (Å²) in [7, 11) is 0. The molecule has 0 aromatic carbocycles.